The second-order valence-corrected chi connectivity index (χ2v) is 3.17. The van der Waals surface area contributed by atoms with Crippen molar-refractivity contribution in [2.24, 2.45) is 11.7 Å². The molecule has 1 aliphatic rings. The molecule has 1 heteroatoms. The van der Waals surface area contributed by atoms with E-state index in [4.69, 9.17) is 5.73 Å². The summed E-state index contributed by atoms with van der Waals surface area (Å²) in [6.07, 6.45) is 4.33. The maximum absolute atomic E-state index is 5.84. The van der Waals surface area contributed by atoms with E-state index in [2.05, 4.69) is 32.9 Å². The minimum atomic E-state index is 0.227. The first kappa shape index (κ1) is 7.55. The average molecular weight is 137 g/mol. The van der Waals surface area contributed by atoms with E-state index < -0.39 is 0 Å². The highest BCUT2D eigenvalue weighted by Crippen LogP contribution is 2.21. The Morgan fingerprint density at radius 2 is 2.00 bits per heavy atom. The molecule has 0 saturated carbocycles. The minimum absolute atomic E-state index is 0.227. The van der Waals surface area contributed by atoms with Crippen molar-refractivity contribution in [3.8, 4) is 0 Å². The van der Waals surface area contributed by atoms with E-state index in [1.807, 2.05) is 0 Å². The molecule has 0 saturated heterocycles. The Hall–Kier alpha value is -0.560. The molecule has 1 rings (SSSR count). The molecular weight excluding hydrogens is 122 g/mol. The normalized spacial score (nSPS) is 33.2. The topological polar surface area (TPSA) is 26.0 Å². The van der Waals surface area contributed by atoms with Crippen LogP contribution in [0.15, 0.2) is 23.3 Å². The molecule has 2 atom stereocenters. The van der Waals surface area contributed by atoms with Crippen molar-refractivity contribution in [2.75, 3.05) is 0 Å². The summed E-state index contributed by atoms with van der Waals surface area (Å²) in [6, 6.07) is 0.227. The lowest BCUT2D eigenvalue weighted by Crippen LogP contribution is -2.28. The van der Waals surface area contributed by atoms with Gasteiger partial charge in [0.25, 0.3) is 0 Å². The van der Waals surface area contributed by atoms with Crippen LogP contribution >= 0.6 is 0 Å². The molecule has 2 N–H and O–H groups in total. The van der Waals surface area contributed by atoms with Gasteiger partial charge in [0.15, 0.2) is 0 Å². The molecule has 0 aromatic heterocycles. The highest BCUT2D eigenvalue weighted by Gasteiger charge is 2.15. The lowest BCUT2D eigenvalue weighted by atomic mass is 9.88. The second kappa shape index (κ2) is 2.59. The maximum atomic E-state index is 5.84. The van der Waals surface area contributed by atoms with Crippen LogP contribution in [0, 0.1) is 5.92 Å². The van der Waals surface area contributed by atoms with Gasteiger partial charge in [-0.3, -0.25) is 0 Å². The summed E-state index contributed by atoms with van der Waals surface area (Å²) in [5, 5.41) is 0. The zero-order valence-electron chi connectivity index (χ0n) is 6.89. The van der Waals surface area contributed by atoms with E-state index in [0.717, 1.165) is 0 Å². The van der Waals surface area contributed by atoms with Crippen molar-refractivity contribution in [3.05, 3.63) is 23.3 Å². The Balaban J connectivity index is 2.85. The molecule has 0 aromatic rings. The van der Waals surface area contributed by atoms with Gasteiger partial charge >= 0.3 is 0 Å². The first-order valence-corrected chi connectivity index (χ1v) is 3.73. The zero-order valence-corrected chi connectivity index (χ0v) is 6.89. The summed E-state index contributed by atoms with van der Waals surface area (Å²) in [5.74, 6) is 0.517. The van der Waals surface area contributed by atoms with Crippen LogP contribution in [0.25, 0.3) is 0 Å². The highest BCUT2D eigenvalue weighted by atomic mass is 14.6. The number of allylic oxidation sites excluding steroid dienone is 2. The SMILES string of the molecule is CC1=CC(N)C(C)C(C)=C1. The average Bonchev–Trinajstić information content (AvgIpc) is 1.82. The lowest BCUT2D eigenvalue weighted by molar-refractivity contribution is 0.586. The molecule has 0 aliphatic heterocycles. The molecule has 0 fully saturated rings. The quantitative estimate of drug-likeness (QED) is 0.542. The molecule has 56 valence electrons. The van der Waals surface area contributed by atoms with Gasteiger partial charge < -0.3 is 5.73 Å². The van der Waals surface area contributed by atoms with Crippen molar-refractivity contribution in [2.45, 2.75) is 26.8 Å². The van der Waals surface area contributed by atoms with Gasteiger partial charge in [0.2, 0.25) is 0 Å². The van der Waals surface area contributed by atoms with Gasteiger partial charge in [0.05, 0.1) is 0 Å². The Morgan fingerprint density at radius 1 is 1.40 bits per heavy atom. The van der Waals surface area contributed by atoms with Gasteiger partial charge in [-0.15, -0.1) is 0 Å². The molecule has 1 nitrogen and oxygen atoms in total. The fraction of sp³-hybridized carbons (Fsp3) is 0.556. The molecule has 0 radical (unpaired) electrons. The van der Waals surface area contributed by atoms with Crippen molar-refractivity contribution in [3.63, 3.8) is 0 Å². The molecule has 0 aromatic carbocycles. The van der Waals surface area contributed by atoms with Crippen molar-refractivity contribution in [1.82, 2.24) is 0 Å². The van der Waals surface area contributed by atoms with Gasteiger partial charge in [-0.25, -0.2) is 0 Å². The molecule has 0 amide bonds. The van der Waals surface area contributed by atoms with Crippen LogP contribution in [0.5, 0.6) is 0 Å². The van der Waals surface area contributed by atoms with Crippen LogP contribution in [0.3, 0.4) is 0 Å². The Kier molecular flexibility index (Phi) is 1.95. The summed E-state index contributed by atoms with van der Waals surface area (Å²) >= 11 is 0. The van der Waals surface area contributed by atoms with E-state index in [9.17, 15) is 0 Å². The van der Waals surface area contributed by atoms with Gasteiger partial charge in [0.1, 0.15) is 0 Å². The summed E-state index contributed by atoms with van der Waals surface area (Å²) in [6.45, 7) is 6.40. The van der Waals surface area contributed by atoms with Crippen molar-refractivity contribution in [1.29, 1.82) is 0 Å². The number of nitrogens with two attached hydrogens (primary N) is 1. The van der Waals surface area contributed by atoms with Crippen molar-refractivity contribution >= 4 is 0 Å². The van der Waals surface area contributed by atoms with Gasteiger partial charge in [-0.2, -0.15) is 0 Å². The van der Waals surface area contributed by atoms with E-state index in [-0.39, 0.29) is 6.04 Å². The van der Waals surface area contributed by atoms with E-state index >= 15 is 0 Å². The third-order valence-electron chi connectivity index (χ3n) is 2.21. The fourth-order valence-electron chi connectivity index (χ4n) is 1.29. The number of hydrogen-bond donors (Lipinski definition) is 1. The van der Waals surface area contributed by atoms with Gasteiger partial charge in [-0.1, -0.05) is 30.2 Å². The summed E-state index contributed by atoms with van der Waals surface area (Å²) in [5.41, 5.74) is 8.53. The predicted octanol–water partition coefficient (Wildman–Crippen LogP) is 1.86. The first-order chi connectivity index (χ1) is 4.61. The molecule has 2 unspecified atom stereocenters. The molecular formula is C9H15N. The number of rotatable bonds is 0. The first-order valence-electron chi connectivity index (χ1n) is 3.73. The molecule has 0 bridgehead atoms. The van der Waals surface area contributed by atoms with Crippen LogP contribution in [-0.4, -0.2) is 6.04 Å². The largest absolute Gasteiger partial charge is 0.324 e. The Morgan fingerprint density at radius 3 is 2.50 bits per heavy atom. The predicted molar refractivity (Wildman–Crippen MR) is 44.7 cm³/mol. The standard InChI is InChI=1S/C9H15N/c1-6-4-7(2)8(3)9(10)5-6/h4-5,8-9H,10H2,1-3H3. The summed E-state index contributed by atoms with van der Waals surface area (Å²) in [4.78, 5) is 0. The van der Waals surface area contributed by atoms with Crippen LogP contribution < -0.4 is 5.73 Å². The van der Waals surface area contributed by atoms with Crippen LogP contribution in [0.2, 0.25) is 0 Å². The van der Waals surface area contributed by atoms with E-state index in [1.165, 1.54) is 11.1 Å². The van der Waals surface area contributed by atoms with Crippen molar-refractivity contribution < 1.29 is 0 Å². The monoisotopic (exact) mass is 137 g/mol. The molecule has 0 heterocycles. The molecule has 10 heavy (non-hydrogen) atoms. The van der Waals surface area contributed by atoms with Crippen LogP contribution in [-0.2, 0) is 0 Å². The molecule has 1 aliphatic carbocycles. The maximum Gasteiger partial charge on any atom is 0.0293 e. The second-order valence-electron chi connectivity index (χ2n) is 3.17. The zero-order chi connectivity index (χ0) is 7.72. The smallest absolute Gasteiger partial charge is 0.0293 e. The fourth-order valence-corrected chi connectivity index (χ4v) is 1.29. The van der Waals surface area contributed by atoms with Crippen LogP contribution in [0.4, 0.5) is 0 Å². The third kappa shape index (κ3) is 1.29. The third-order valence-corrected chi connectivity index (χ3v) is 2.21. The summed E-state index contributed by atoms with van der Waals surface area (Å²) in [7, 11) is 0. The lowest BCUT2D eigenvalue weighted by Gasteiger charge is -2.22. The van der Waals surface area contributed by atoms with Gasteiger partial charge in [-0.05, 0) is 19.8 Å². The highest BCUT2D eigenvalue weighted by molar-refractivity contribution is 5.30. The Labute approximate surface area is 62.6 Å². The van der Waals surface area contributed by atoms with E-state index in [0.29, 0.717) is 5.92 Å². The van der Waals surface area contributed by atoms with Gasteiger partial charge in [0, 0.05) is 6.04 Å². The summed E-state index contributed by atoms with van der Waals surface area (Å²) < 4.78 is 0. The van der Waals surface area contributed by atoms with Crippen LogP contribution in [0.1, 0.15) is 20.8 Å². The Bertz CT molecular complexity index is 189. The molecule has 0 spiro atoms. The number of hydrogen-bond acceptors (Lipinski definition) is 1. The minimum Gasteiger partial charge on any atom is -0.324 e. The van der Waals surface area contributed by atoms with E-state index in [1.54, 1.807) is 0 Å².